The quantitative estimate of drug-likeness (QED) is 0.764. The highest BCUT2D eigenvalue weighted by molar-refractivity contribution is 5.94. The lowest BCUT2D eigenvalue weighted by molar-refractivity contribution is 0.0950. The Morgan fingerprint density at radius 3 is 2.92 bits per heavy atom. The van der Waals surface area contributed by atoms with Crippen LogP contribution in [0.3, 0.4) is 0 Å². The van der Waals surface area contributed by atoms with E-state index in [1.54, 1.807) is 18.0 Å². The van der Waals surface area contributed by atoms with Gasteiger partial charge in [0, 0.05) is 31.4 Å². The SMILES string of the molecule is COc1ccccc1[C@H]1CNC(=O)c2nc(-c3cnn(C)c3)[nH]c2C1. The number of H-pyrrole nitrogens is 1. The summed E-state index contributed by atoms with van der Waals surface area (Å²) in [5.41, 5.74) is 3.23. The molecule has 3 aromatic rings. The number of fused-ring (bicyclic) bond motifs is 1. The highest BCUT2D eigenvalue weighted by Gasteiger charge is 2.28. The second-order valence-electron chi connectivity index (χ2n) is 6.17. The minimum atomic E-state index is -0.154. The van der Waals surface area contributed by atoms with Gasteiger partial charge in [0.1, 0.15) is 17.3 Å². The number of hydrogen-bond acceptors (Lipinski definition) is 4. The summed E-state index contributed by atoms with van der Waals surface area (Å²) in [6.45, 7) is 0.547. The average Bonchev–Trinajstić information content (AvgIpc) is 3.21. The first-order valence-electron chi connectivity index (χ1n) is 8.14. The molecule has 4 rings (SSSR count). The molecule has 1 amide bonds. The van der Waals surface area contributed by atoms with Gasteiger partial charge >= 0.3 is 0 Å². The number of aryl methyl sites for hydroxylation is 1. The summed E-state index contributed by atoms with van der Waals surface area (Å²) in [5, 5.41) is 7.13. The van der Waals surface area contributed by atoms with Crippen LogP contribution in [0.15, 0.2) is 36.7 Å². The maximum absolute atomic E-state index is 12.4. The topological polar surface area (TPSA) is 84.8 Å². The van der Waals surface area contributed by atoms with E-state index in [4.69, 9.17) is 4.74 Å². The van der Waals surface area contributed by atoms with Crippen molar-refractivity contribution >= 4 is 5.91 Å². The number of nitrogens with zero attached hydrogens (tertiary/aromatic N) is 3. The first-order valence-corrected chi connectivity index (χ1v) is 8.14. The molecule has 0 aliphatic carbocycles. The first kappa shape index (κ1) is 15.4. The highest BCUT2D eigenvalue weighted by atomic mass is 16.5. The molecular formula is C18H19N5O2. The Morgan fingerprint density at radius 1 is 1.32 bits per heavy atom. The van der Waals surface area contributed by atoms with Crippen LogP contribution in [-0.4, -0.2) is 39.3 Å². The zero-order chi connectivity index (χ0) is 17.4. The smallest absolute Gasteiger partial charge is 0.271 e. The predicted octanol–water partition coefficient (Wildman–Crippen LogP) is 1.89. The van der Waals surface area contributed by atoms with Crippen LogP contribution in [0.4, 0.5) is 0 Å². The molecule has 2 N–H and O–H groups in total. The van der Waals surface area contributed by atoms with Crippen LogP contribution in [-0.2, 0) is 13.5 Å². The molecule has 128 valence electrons. The monoisotopic (exact) mass is 337 g/mol. The molecule has 7 nitrogen and oxygen atoms in total. The van der Waals surface area contributed by atoms with Crippen LogP contribution in [0.5, 0.6) is 5.75 Å². The molecule has 25 heavy (non-hydrogen) atoms. The molecule has 1 atom stereocenters. The van der Waals surface area contributed by atoms with Crippen molar-refractivity contribution in [1.82, 2.24) is 25.1 Å². The summed E-state index contributed by atoms with van der Waals surface area (Å²) in [4.78, 5) is 20.2. The van der Waals surface area contributed by atoms with Crippen molar-refractivity contribution in [1.29, 1.82) is 0 Å². The van der Waals surface area contributed by atoms with E-state index < -0.39 is 0 Å². The Hall–Kier alpha value is -3.09. The zero-order valence-electron chi connectivity index (χ0n) is 14.1. The number of hydrogen-bond donors (Lipinski definition) is 2. The summed E-state index contributed by atoms with van der Waals surface area (Å²) < 4.78 is 7.19. The van der Waals surface area contributed by atoms with Crippen molar-refractivity contribution in [3.05, 3.63) is 53.6 Å². The van der Waals surface area contributed by atoms with Crippen LogP contribution >= 0.6 is 0 Å². The number of aromatic nitrogens is 4. The number of para-hydroxylation sites is 1. The molecule has 0 radical (unpaired) electrons. The van der Waals surface area contributed by atoms with Gasteiger partial charge in [-0.05, 0) is 18.1 Å². The lowest BCUT2D eigenvalue weighted by Crippen LogP contribution is -2.26. The van der Waals surface area contributed by atoms with Gasteiger partial charge in [-0.1, -0.05) is 18.2 Å². The third kappa shape index (κ3) is 2.77. The van der Waals surface area contributed by atoms with Gasteiger partial charge < -0.3 is 15.0 Å². The first-order chi connectivity index (χ1) is 12.2. The van der Waals surface area contributed by atoms with E-state index >= 15 is 0 Å². The fourth-order valence-electron chi connectivity index (χ4n) is 3.27. The molecule has 0 saturated carbocycles. The molecule has 0 unspecified atom stereocenters. The van der Waals surface area contributed by atoms with Crippen LogP contribution < -0.4 is 10.1 Å². The predicted molar refractivity (Wildman–Crippen MR) is 92.6 cm³/mol. The summed E-state index contributed by atoms with van der Waals surface area (Å²) in [5.74, 6) is 1.45. The van der Waals surface area contributed by atoms with Crippen molar-refractivity contribution in [2.24, 2.45) is 7.05 Å². The van der Waals surface area contributed by atoms with E-state index in [1.165, 1.54) is 0 Å². The van der Waals surface area contributed by atoms with Gasteiger partial charge in [-0.15, -0.1) is 0 Å². The molecule has 1 aromatic carbocycles. The van der Waals surface area contributed by atoms with Gasteiger partial charge in [0.25, 0.3) is 5.91 Å². The number of nitrogens with one attached hydrogen (secondary N) is 2. The molecule has 1 aliphatic rings. The maximum Gasteiger partial charge on any atom is 0.271 e. The van der Waals surface area contributed by atoms with E-state index in [0.29, 0.717) is 24.5 Å². The fraction of sp³-hybridized carbons (Fsp3) is 0.278. The minimum Gasteiger partial charge on any atom is -0.496 e. The van der Waals surface area contributed by atoms with Crippen molar-refractivity contribution in [3.8, 4) is 17.1 Å². The summed E-state index contributed by atoms with van der Waals surface area (Å²) in [7, 11) is 3.51. The third-order valence-electron chi connectivity index (χ3n) is 4.51. The average molecular weight is 337 g/mol. The zero-order valence-corrected chi connectivity index (χ0v) is 14.1. The van der Waals surface area contributed by atoms with Crippen molar-refractivity contribution in [2.45, 2.75) is 12.3 Å². The second-order valence-corrected chi connectivity index (χ2v) is 6.17. The summed E-state index contributed by atoms with van der Waals surface area (Å²) in [6.07, 6.45) is 4.28. The molecule has 3 heterocycles. The molecule has 0 bridgehead atoms. The van der Waals surface area contributed by atoms with Crippen LogP contribution in [0.2, 0.25) is 0 Å². The van der Waals surface area contributed by atoms with Gasteiger partial charge in [0.2, 0.25) is 0 Å². The van der Waals surface area contributed by atoms with E-state index in [1.807, 2.05) is 37.5 Å². The lowest BCUT2D eigenvalue weighted by atomic mass is 9.93. The number of rotatable bonds is 3. The number of amides is 1. The van der Waals surface area contributed by atoms with Gasteiger partial charge in [-0.3, -0.25) is 9.48 Å². The van der Waals surface area contributed by atoms with Gasteiger partial charge in [-0.25, -0.2) is 4.98 Å². The standard InChI is InChI=1S/C18H19N5O2/c1-23-10-12(9-20-23)17-21-14-7-11(8-19-18(24)16(14)22-17)13-5-3-4-6-15(13)25-2/h3-6,9-11H,7-8H2,1-2H3,(H,19,24)(H,21,22)/t11-/m1/s1. The van der Waals surface area contributed by atoms with Crippen LogP contribution in [0.1, 0.15) is 27.7 Å². The van der Waals surface area contributed by atoms with Crippen LogP contribution in [0, 0.1) is 0 Å². The van der Waals surface area contributed by atoms with E-state index in [-0.39, 0.29) is 11.8 Å². The minimum absolute atomic E-state index is 0.114. The second kappa shape index (κ2) is 6.08. The normalized spacial score (nSPS) is 16.9. The van der Waals surface area contributed by atoms with Gasteiger partial charge in [0.05, 0.1) is 18.9 Å². The van der Waals surface area contributed by atoms with E-state index in [2.05, 4.69) is 20.4 Å². The molecule has 1 aliphatic heterocycles. The maximum atomic E-state index is 12.4. The van der Waals surface area contributed by atoms with E-state index in [0.717, 1.165) is 22.6 Å². The molecule has 0 fully saturated rings. The lowest BCUT2D eigenvalue weighted by Gasteiger charge is -2.17. The number of ether oxygens (including phenoxy) is 1. The fourth-order valence-corrected chi connectivity index (χ4v) is 3.27. The molecule has 0 saturated heterocycles. The van der Waals surface area contributed by atoms with Crippen molar-refractivity contribution in [2.75, 3.05) is 13.7 Å². The number of benzene rings is 1. The number of carbonyl (C=O) groups is 1. The Kier molecular flexibility index (Phi) is 3.76. The number of imidazole rings is 1. The number of methoxy groups -OCH3 is 1. The highest BCUT2D eigenvalue weighted by Crippen LogP contribution is 2.31. The number of carbonyl (C=O) groups excluding carboxylic acids is 1. The Balaban J connectivity index is 1.71. The van der Waals surface area contributed by atoms with Crippen LogP contribution in [0.25, 0.3) is 11.4 Å². The molecule has 2 aromatic heterocycles. The van der Waals surface area contributed by atoms with Gasteiger partial charge in [0.15, 0.2) is 0 Å². The summed E-state index contributed by atoms with van der Waals surface area (Å²) >= 11 is 0. The molecule has 0 spiro atoms. The van der Waals surface area contributed by atoms with Crippen molar-refractivity contribution < 1.29 is 9.53 Å². The number of aromatic amines is 1. The van der Waals surface area contributed by atoms with Gasteiger partial charge in [-0.2, -0.15) is 5.10 Å². The third-order valence-corrected chi connectivity index (χ3v) is 4.51. The van der Waals surface area contributed by atoms with E-state index in [9.17, 15) is 4.79 Å². The molecule has 7 heteroatoms. The molecular weight excluding hydrogens is 318 g/mol. The largest absolute Gasteiger partial charge is 0.496 e. The Labute approximate surface area is 145 Å². The summed E-state index contributed by atoms with van der Waals surface area (Å²) in [6, 6.07) is 7.91. The Bertz CT molecular complexity index is 927. The van der Waals surface area contributed by atoms with Crippen molar-refractivity contribution in [3.63, 3.8) is 0 Å². The Morgan fingerprint density at radius 2 is 2.16 bits per heavy atom.